The highest BCUT2D eigenvalue weighted by atomic mass is 35.5. The van der Waals surface area contributed by atoms with Crippen LogP contribution in [0.5, 0.6) is 0 Å². The van der Waals surface area contributed by atoms with Crippen LogP contribution in [0.2, 0.25) is 5.02 Å². The third-order valence-electron chi connectivity index (χ3n) is 1.67. The average molecular weight is 228 g/mol. The van der Waals surface area contributed by atoms with E-state index in [-0.39, 0.29) is 22.8 Å². The number of esters is 1. The minimum atomic E-state index is -0.811. The van der Waals surface area contributed by atoms with Gasteiger partial charge in [0.2, 0.25) is 0 Å². The highest BCUT2D eigenvalue weighted by Gasteiger charge is 2.15. The predicted octanol–water partition coefficient (Wildman–Crippen LogP) is 2.53. The number of rotatable bonds is 2. The Balaban J connectivity index is 3.17. The summed E-state index contributed by atoms with van der Waals surface area (Å²) in [6, 6.07) is 3.71. The fraction of sp³-hybridized carbons (Fsp3) is 0.200. The molecule has 5 heteroatoms. The maximum atomic E-state index is 13.3. The number of hydrogen-bond donors (Lipinski definition) is 0. The highest BCUT2D eigenvalue weighted by Crippen LogP contribution is 2.20. The first-order valence-electron chi connectivity index (χ1n) is 4.16. The summed E-state index contributed by atoms with van der Waals surface area (Å²) in [4.78, 5) is 11.2. The summed E-state index contributed by atoms with van der Waals surface area (Å²) in [6.45, 7) is 1.76. The summed E-state index contributed by atoms with van der Waals surface area (Å²) >= 11 is 5.65. The summed E-state index contributed by atoms with van der Waals surface area (Å²) < 4.78 is 17.9. The fourth-order valence-corrected chi connectivity index (χ4v) is 1.20. The SMILES string of the molecule is CCOC(=O)c1cc(Cl)c(C#N)cc1F. The first-order chi connectivity index (χ1) is 7.10. The number of hydrogen-bond acceptors (Lipinski definition) is 3. The number of ether oxygens (including phenoxy) is 1. The van der Waals surface area contributed by atoms with E-state index in [0.29, 0.717) is 0 Å². The maximum Gasteiger partial charge on any atom is 0.341 e. The molecule has 0 aliphatic heterocycles. The van der Waals surface area contributed by atoms with Crippen molar-refractivity contribution >= 4 is 17.6 Å². The Morgan fingerprint density at radius 1 is 1.67 bits per heavy atom. The molecule has 0 heterocycles. The van der Waals surface area contributed by atoms with Crippen molar-refractivity contribution in [3.8, 4) is 6.07 Å². The quantitative estimate of drug-likeness (QED) is 0.730. The normalized spacial score (nSPS) is 9.47. The van der Waals surface area contributed by atoms with E-state index < -0.39 is 11.8 Å². The van der Waals surface area contributed by atoms with Gasteiger partial charge in [0.15, 0.2) is 0 Å². The molecule has 0 atom stereocenters. The van der Waals surface area contributed by atoms with E-state index in [4.69, 9.17) is 16.9 Å². The van der Waals surface area contributed by atoms with Crippen molar-refractivity contribution in [3.63, 3.8) is 0 Å². The van der Waals surface area contributed by atoms with Crippen LogP contribution in [0.1, 0.15) is 22.8 Å². The molecule has 0 fully saturated rings. The Morgan fingerprint density at radius 3 is 2.87 bits per heavy atom. The number of nitriles is 1. The summed E-state index contributed by atoms with van der Waals surface area (Å²) in [5.74, 6) is -1.60. The molecule has 1 rings (SSSR count). The Morgan fingerprint density at radius 2 is 2.33 bits per heavy atom. The Labute approximate surface area is 91.0 Å². The van der Waals surface area contributed by atoms with Crippen LogP contribution in [-0.2, 0) is 4.74 Å². The number of nitrogens with zero attached hydrogens (tertiary/aromatic N) is 1. The monoisotopic (exact) mass is 227 g/mol. The molecule has 0 bridgehead atoms. The fourth-order valence-electron chi connectivity index (χ4n) is 0.998. The van der Waals surface area contributed by atoms with Crippen molar-refractivity contribution in [1.82, 2.24) is 0 Å². The molecule has 0 saturated carbocycles. The van der Waals surface area contributed by atoms with Crippen molar-refractivity contribution in [2.45, 2.75) is 6.92 Å². The second-order valence-electron chi connectivity index (χ2n) is 2.64. The lowest BCUT2D eigenvalue weighted by molar-refractivity contribution is 0.0521. The number of benzene rings is 1. The zero-order chi connectivity index (χ0) is 11.4. The first-order valence-corrected chi connectivity index (χ1v) is 4.54. The molecule has 0 N–H and O–H groups in total. The van der Waals surface area contributed by atoms with Crippen LogP contribution in [0.25, 0.3) is 0 Å². The van der Waals surface area contributed by atoms with Gasteiger partial charge in [-0.1, -0.05) is 11.6 Å². The molecule has 0 aliphatic carbocycles. The Bertz CT molecular complexity index is 440. The molecule has 1 aromatic carbocycles. The maximum absolute atomic E-state index is 13.3. The van der Waals surface area contributed by atoms with Crippen LogP contribution in [0, 0.1) is 17.1 Å². The van der Waals surface area contributed by atoms with Gasteiger partial charge in [0.25, 0.3) is 0 Å². The van der Waals surface area contributed by atoms with Crippen LogP contribution < -0.4 is 0 Å². The standard InChI is InChI=1S/C10H7ClFNO2/c1-2-15-10(14)7-4-8(11)6(5-13)3-9(7)12/h3-4H,2H2,1H3. The zero-order valence-electron chi connectivity index (χ0n) is 7.88. The molecule has 0 aliphatic rings. The highest BCUT2D eigenvalue weighted by molar-refractivity contribution is 6.32. The predicted molar refractivity (Wildman–Crippen MR) is 52.1 cm³/mol. The van der Waals surface area contributed by atoms with Crippen LogP contribution in [0.3, 0.4) is 0 Å². The summed E-state index contributed by atoms with van der Waals surface area (Å²) in [5.41, 5.74) is -0.275. The van der Waals surface area contributed by atoms with Crippen molar-refractivity contribution in [2.75, 3.05) is 6.61 Å². The second kappa shape index (κ2) is 4.76. The van der Waals surface area contributed by atoms with Crippen molar-refractivity contribution in [3.05, 3.63) is 34.1 Å². The summed E-state index contributed by atoms with van der Waals surface area (Å²) in [5, 5.41) is 8.59. The number of carbonyl (C=O) groups is 1. The lowest BCUT2D eigenvalue weighted by Gasteiger charge is -2.04. The summed E-state index contributed by atoms with van der Waals surface area (Å²) in [7, 11) is 0. The van der Waals surface area contributed by atoms with E-state index in [0.717, 1.165) is 12.1 Å². The molecule has 0 saturated heterocycles. The minimum absolute atomic E-state index is 0.0118. The lowest BCUT2D eigenvalue weighted by atomic mass is 10.1. The van der Waals surface area contributed by atoms with Gasteiger partial charge in [-0.05, 0) is 19.1 Å². The van der Waals surface area contributed by atoms with Crippen molar-refractivity contribution < 1.29 is 13.9 Å². The second-order valence-corrected chi connectivity index (χ2v) is 3.05. The van der Waals surface area contributed by atoms with Crippen molar-refractivity contribution in [1.29, 1.82) is 5.26 Å². The van der Waals surface area contributed by atoms with Gasteiger partial charge in [0.05, 0.1) is 22.8 Å². The van der Waals surface area contributed by atoms with E-state index in [1.54, 1.807) is 13.0 Å². The van der Waals surface area contributed by atoms with Gasteiger partial charge in [-0.3, -0.25) is 0 Å². The molecule has 1 aromatic rings. The van der Waals surface area contributed by atoms with Crippen molar-refractivity contribution in [2.24, 2.45) is 0 Å². The largest absolute Gasteiger partial charge is 0.462 e. The van der Waals surface area contributed by atoms with Gasteiger partial charge >= 0.3 is 5.97 Å². The number of carbonyl (C=O) groups excluding carboxylic acids is 1. The molecular formula is C10H7ClFNO2. The van der Waals surface area contributed by atoms with Crippen LogP contribution in [0.4, 0.5) is 4.39 Å². The Kier molecular flexibility index (Phi) is 3.64. The van der Waals surface area contributed by atoms with E-state index in [2.05, 4.69) is 4.74 Å². The Hall–Kier alpha value is -1.60. The number of halogens is 2. The molecule has 0 unspecified atom stereocenters. The molecule has 0 spiro atoms. The molecule has 15 heavy (non-hydrogen) atoms. The van der Waals surface area contributed by atoms with Crippen LogP contribution in [-0.4, -0.2) is 12.6 Å². The van der Waals surface area contributed by atoms with Gasteiger partial charge in [0, 0.05) is 0 Å². The average Bonchev–Trinajstić information content (AvgIpc) is 2.21. The molecule has 0 aromatic heterocycles. The smallest absolute Gasteiger partial charge is 0.341 e. The molecule has 78 valence electrons. The molecular weight excluding hydrogens is 221 g/mol. The van der Waals surface area contributed by atoms with Gasteiger partial charge in [-0.2, -0.15) is 5.26 Å². The molecule has 0 radical (unpaired) electrons. The van der Waals surface area contributed by atoms with E-state index in [1.807, 2.05) is 0 Å². The zero-order valence-corrected chi connectivity index (χ0v) is 8.64. The van der Waals surface area contributed by atoms with E-state index in [1.165, 1.54) is 0 Å². The van der Waals surface area contributed by atoms with E-state index in [9.17, 15) is 9.18 Å². The van der Waals surface area contributed by atoms with Gasteiger partial charge in [-0.25, -0.2) is 9.18 Å². The molecule has 0 amide bonds. The lowest BCUT2D eigenvalue weighted by Crippen LogP contribution is -2.07. The third kappa shape index (κ3) is 2.45. The van der Waals surface area contributed by atoms with Crippen LogP contribution in [0.15, 0.2) is 12.1 Å². The topological polar surface area (TPSA) is 50.1 Å². The first kappa shape index (κ1) is 11.5. The molecule has 3 nitrogen and oxygen atoms in total. The van der Waals surface area contributed by atoms with Gasteiger partial charge < -0.3 is 4.74 Å². The third-order valence-corrected chi connectivity index (χ3v) is 1.99. The van der Waals surface area contributed by atoms with Crippen LogP contribution >= 0.6 is 11.6 Å². The summed E-state index contributed by atoms with van der Waals surface area (Å²) in [6.07, 6.45) is 0. The van der Waals surface area contributed by atoms with Gasteiger partial charge in [-0.15, -0.1) is 0 Å². The van der Waals surface area contributed by atoms with Gasteiger partial charge in [0.1, 0.15) is 11.9 Å². The minimum Gasteiger partial charge on any atom is -0.462 e. The van der Waals surface area contributed by atoms with E-state index >= 15 is 0 Å².